The molecule has 0 amide bonds. The predicted octanol–water partition coefficient (Wildman–Crippen LogP) is 4.46. The molecule has 0 atom stereocenters. The fourth-order valence-corrected chi connectivity index (χ4v) is 2.76. The normalized spacial score (nSPS) is 18.4. The summed E-state index contributed by atoms with van der Waals surface area (Å²) in [7, 11) is 0. The van der Waals surface area contributed by atoms with Gasteiger partial charge in [-0.3, -0.25) is 4.98 Å². The molecule has 0 spiro atoms. The van der Waals surface area contributed by atoms with Gasteiger partial charge in [-0.25, -0.2) is 9.97 Å². The van der Waals surface area contributed by atoms with Crippen LogP contribution in [0, 0.1) is 6.92 Å². The summed E-state index contributed by atoms with van der Waals surface area (Å²) in [5, 5.41) is 4.17. The van der Waals surface area contributed by atoms with E-state index in [-0.39, 0.29) is 5.78 Å². The van der Waals surface area contributed by atoms with E-state index >= 15 is 0 Å². The Morgan fingerprint density at radius 3 is 2.69 bits per heavy atom. The fourth-order valence-electron chi connectivity index (χ4n) is 2.76. The molecule has 0 bridgehead atoms. The average Bonchev–Trinajstić information content (AvgIpc) is 3.15. The molecule has 0 N–H and O–H groups in total. The van der Waals surface area contributed by atoms with Crippen LogP contribution >= 0.6 is 0 Å². The number of hydrogen-bond acceptors (Lipinski definition) is 4. The van der Waals surface area contributed by atoms with E-state index in [9.17, 15) is 0 Å². The smallest absolute Gasteiger partial charge is 0.251 e. The zero-order valence-corrected chi connectivity index (χ0v) is 13.9. The number of hydrogen-bond donors (Lipinski definition) is 0. The summed E-state index contributed by atoms with van der Waals surface area (Å²) < 4.78 is 72.1. The number of nitrogens with zero attached hydrogens (tertiary/aromatic N) is 5. The quantitative estimate of drug-likeness (QED) is 0.534. The number of fused-ring (bicyclic) bond motifs is 1. The molecule has 5 nitrogen and oxygen atoms in total. The monoisotopic (exact) mass is 352 g/mol. The topological polar surface area (TPSA) is 56.0 Å². The molecule has 3 heterocycles. The minimum Gasteiger partial charge on any atom is -0.264 e. The first-order chi connectivity index (χ1) is 16.2. The second kappa shape index (κ2) is 6.02. The van der Waals surface area contributed by atoms with Crippen LogP contribution in [-0.2, 0) is 5.41 Å². The Balaban J connectivity index is 1.88. The zero-order chi connectivity index (χ0) is 25.8. The van der Waals surface area contributed by atoms with Crippen LogP contribution in [0.1, 0.15) is 44.1 Å². The molecule has 4 rings (SSSR count). The minimum atomic E-state index is -3.43. The van der Waals surface area contributed by atoms with Crippen molar-refractivity contribution >= 4 is 5.78 Å². The third-order valence-electron chi connectivity index (χ3n) is 4.13. The van der Waals surface area contributed by atoms with E-state index in [1.54, 1.807) is 12.4 Å². The highest BCUT2D eigenvalue weighted by molar-refractivity contribution is 5.73. The summed E-state index contributed by atoms with van der Waals surface area (Å²) >= 11 is 0. The van der Waals surface area contributed by atoms with Crippen molar-refractivity contribution in [2.75, 3.05) is 0 Å². The molecule has 1 aromatic carbocycles. The van der Waals surface area contributed by atoms with E-state index in [1.165, 1.54) is 10.7 Å². The Morgan fingerprint density at radius 2 is 1.88 bits per heavy atom. The van der Waals surface area contributed by atoms with Crippen molar-refractivity contribution in [1.82, 2.24) is 24.6 Å². The molecule has 0 saturated carbocycles. The summed E-state index contributed by atoms with van der Waals surface area (Å²) in [6.45, 7) is -8.32. The highest BCUT2D eigenvalue weighted by atomic mass is 15.3. The van der Waals surface area contributed by atoms with Gasteiger partial charge in [0.15, 0.2) is 0 Å². The summed E-state index contributed by atoms with van der Waals surface area (Å²) in [6.07, 6.45) is 5.81. The summed E-state index contributed by atoms with van der Waals surface area (Å²) in [5.74, 6) is -0.123. The van der Waals surface area contributed by atoms with Gasteiger partial charge in [0.05, 0.1) is 23.8 Å². The molecular weight excluding hydrogens is 322 g/mol. The number of benzene rings is 1. The number of pyridine rings is 1. The largest absolute Gasteiger partial charge is 0.264 e. The summed E-state index contributed by atoms with van der Waals surface area (Å²) in [4.78, 5) is 12.4. The third kappa shape index (κ3) is 2.86. The maximum Gasteiger partial charge on any atom is 0.251 e. The molecule has 0 aliphatic heterocycles. The molecule has 0 unspecified atom stereocenters. The first-order valence-electron chi connectivity index (χ1n) is 12.4. The third-order valence-corrected chi connectivity index (χ3v) is 4.13. The van der Waals surface area contributed by atoms with Crippen molar-refractivity contribution in [1.29, 1.82) is 0 Å². The van der Waals surface area contributed by atoms with Gasteiger partial charge in [-0.2, -0.15) is 9.61 Å². The number of rotatable bonds is 2. The van der Waals surface area contributed by atoms with Crippen LogP contribution < -0.4 is 0 Å². The molecule has 3 aromatic heterocycles. The fraction of sp³-hybridized carbons (Fsp3) is 0.238. The van der Waals surface area contributed by atoms with Crippen molar-refractivity contribution in [3.63, 3.8) is 0 Å². The lowest BCUT2D eigenvalue weighted by molar-refractivity contribution is 0.562. The van der Waals surface area contributed by atoms with E-state index in [2.05, 4.69) is 20.1 Å². The molecule has 0 radical (unpaired) electrons. The van der Waals surface area contributed by atoms with Crippen molar-refractivity contribution < 1.29 is 12.3 Å². The van der Waals surface area contributed by atoms with Gasteiger partial charge in [0, 0.05) is 41.3 Å². The first-order valence-corrected chi connectivity index (χ1v) is 7.91. The maximum atomic E-state index is 7.87. The van der Waals surface area contributed by atoms with E-state index in [0.717, 1.165) is 22.9 Å². The summed E-state index contributed by atoms with van der Waals surface area (Å²) in [6, 6.07) is 9.40. The Morgan fingerprint density at radius 1 is 1.04 bits per heavy atom. The number of aromatic nitrogens is 5. The molecule has 5 heteroatoms. The van der Waals surface area contributed by atoms with E-state index in [4.69, 9.17) is 12.3 Å². The second-order valence-corrected chi connectivity index (χ2v) is 6.02. The van der Waals surface area contributed by atoms with Crippen molar-refractivity contribution in [2.24, 2.45) is 0 Å². The van der Waals surface area contributed by atoms with Crippen LogP contribution in [0.2, 0.25) is 0 Å². The molecular formula is C21H21N5. The van der Waals surface area contributed by atoms with Crippen LogP contribution in [0.4, 0.5) is 0 Å². The molecule has 0 saturated heterocycles. The van der Waals surface area contributed by atoms with Crippen LogP contribution in [-0.4, -0.2) is 24.6 Å². The second-order valence-electron chi connectivity index (χ2n) is 6.02. The minimum absolute atomic E-state index is 0.123. The van der Waals surface area contributed by atoms with Gasteiger partial charge in [-0.05, 0) is 30.2 Å². The molecule has 0 fully saturated rings. The van der Waals surface area contributed by atoms with E-state index < -0.39 is 31.7 Å². The van der Waals surface area contributed by atoms with E-state index in [0.29, 0.717) is 11.3 Å². The number of imidazole rings is 1. The van der Waals surface area contributed by atoms with Gasteiger partial charge < -0.3 is 0 Å². The van der Waals surface area contributed by atoms with Crippen molar-refractivity contribution in [3.05, 3.63) is 66.4 Å². The number of aryl methyl sites for hydroxylation is 1. The molecule has 4 aromatic rings. The van der Waals surface area contributed by atoms with Crippen LogP contribution in [0.5, 0.6) is 0 Å². The van der Waals surface area contributed by atoms with Gasteiger partial charge >= 0.3 is 0 Å². The van der Waals surface area contributed by atoms with Crippen LogP contribution in [0.25, 0.3) is 28.2 Å². The predicted molar refractivity (Wildman–Crippen MR) is 103 cm³/mol. The zero-order valence-electron chi connectivity index (χ0n) is 22.9. The highest BCUT2D eigenvalue weighted by Gasteiger charge is 2.18. The Hall–Kier alpha value is -3.08. The molecule has 130 valence electrons. The molecule has 0 aliphatic carbocycles. The summed E-state index contributed by atoms with van der Waals surface area (Å²) in [5.41, 5.74) is 0.162. The SMILES string of the molecule is [2H]C([2H])([2H])C(c1cnn2c(-c3cccc(-c4cnccc4C)c3)cnc2n1)(C([2H])([2H])[2H])C([2H])([2H])[2H]. The lowest BCUT2D eigenvalue weighted by Crippen LogP contribution is -2.15. The van der Waals surface area contributed by atoms with Gasteiger partial charge in [0.1, 0.15) is 0 Å². The first kappa shape index (κ1) is 9.03. The van der Waals surface area contributed by atoms with Crippen LogP contribution in [0.15, 0.2) is 55.1 Å². The van der Waals surface area contributed by atoms with E-state index in [1.807, 2.05) is 37.3 Å². The lowest BCUT2D eigenvalue weighted by Gasteiger charge is -2.16. The van der Waals surface area contributed by atoms with Gasteiger partial charge in [-0.15, -0.1) is 0 Å². The Kier molecular flexibility index (Phi) is 2.09. The van der Waals surface area contributed by atoms with Crippen molar-refractivity contribution in [3.8, 4) is 22.4 Å². The van der Waals surface area contributed by atoms with Crippen LogP contribution in [0.3, 0.4) is 0 Å². The maximum absolute atomic E-state index is 7.87. The molecule has 26 heavy (non-hydrogen) atoms. The van der Waals surface area contributed by atoms with Crippen molar-refractivity contribution in [2.45, 2.75) is 32.9 Å². The Labute approximate surface area is 165 Å². The van der Waals surface area contributed by atoms with Gasteiger partial charge in [0.2, 0.25) is 0 Å². The standard InChI is InChI=1S/C21H21N5/c1-14-8-9-22-11-17(14)15-6-5-7-16(10-15)18-12-23-20-25-19(21(2,3)4)13-24-26(18)20/h5-13H,1-4H3/i2D3,3D3,4D3. The van der Waals surface area contributed by atoms with Gasteiger partial charge in [0.25, 0.3) is 5.78 Å². The highest BCUT2D eigenvalue weighted by Crippen LogP contribution is 2.28. The molecule has 0 aliphatic rings. The average molecular weight is 352 g/mol. The Bertz CT molecular complexity index is 1350. The lowest BCUT2D eigenvalue weighted by atomic mass is 9.93. The van der Waals surface area contributed by atoms with Gasteiger partial charge in [-0.1, -0.05) is 38.8 Å².